The second-order valence-electron chi connectivity index (χ2n) is 15.8. The van der Waals surface area contributed by atoms with Gasteiger partial charge in [-0.2, -0.15) is 13.2 Å². The van der Waals surface area contributed by atoms with Gasteiger partial charge in [-0.3, -0.25) is 9.78 Å². The van der Waals surface area contributed by atoms with Gasteiger partial charge in [0.25, 0.3) is 5.56 Å². The lowest BCUT2D eigenvalue weighted by Gasteiger charge is -2.28. The summed E-state index contributed by atoms with van der Waals surface area (Å²) in [6.07, 6.45) is -0.667. The van der Waals surface area contributed by atoms with Crippen molar-refractivity contribution in [3.8, 4) is 28.5 Å². The Morgan fingerprint density at radius 1 is 0.894 bits per heavy atom. The first kappa shape index (κ1) is 46.1. The van der Waals surface area contributed by atoms with Crippen LogP contribution in [0.5, 0.6) is 17.2 Å². The molecule has 17 heteroatoms. The third kappa shape index (κ3) is 10.0. The molecule has 0 saturated heterocycles. The van der Waals surface area contributed by atoms with Crippen molar-refractivity contribution in [2.45, 2.75) is 58.0 Å². The summed E-state index contributed by atoms with van der Waals surface area (Å²) in [5.41, 5.74) is 0.239. The van der Waals surface area contributed by atoms with Crippen molar-refractivity contribution < 1.29 is 31.8 Å². The van der Waals surface area contributed by atoms with Crippen LogP contribution in [0.4, 0.5) is 29.2 Å². The molecule has 3 N–H and O–H groups in total. The number of fused-ring (bicyclic) bond motifs is 2. The number of benzene rings is 4. The van der Waals surface area contributed by atoms with Gasteiger partial charge in [0, 0.05) is 44.0 Å². The summed E-state index contributed by atoms with van der Waals surface area (Å²) in [4.78, 5) is 30.9. The zero-order valence-corrected chi connectivity index (χ0v) is 37.7. The van der Waals surface area contributed by atoms with Gasteiger partial charge in [0.05, 0.1) is 36.1 Å². The van der Waals surface area contributed by atoms with E-state index in [1.165, 1.54) is 13.0 Å². The number of aryl methyl sites for hydroxylation is 2. The molecule has 4 aromatic carbocycles. The van der Waals surface area contributed by atoms with E-state index in [9.17, 15) is 4.79 Å². The number of hydrogen-bond donors (Lipinski definition) is 3. The molecular weight excluding hydrogens is 897 g/mol. The molecule has 1 aliphatic rings. The third-order valence-electron chi connectivity index (χ3n) is 11.5. The highest BCUT2D eigenvalue weighted by Gasteiger charge is 2.40. The van der Waals surface area contributed by atoms with Crippen molar-refractivity contribution >= 4 is 45.7 Å². The summed E-state index contributed by atoms with van der Waals surface area (Å²) < 4.78 is 79.8. The molecule has 0 amide bonds. The highest BCUT2D eigenvalue weighted by atomic mass is 35.5. The normalized spacial score (nSPS) is 13.6. The van der Waals surface area contributed by atoms with Crippen LogP contribution in [0, 0.1) is 12.7 Å². The summed E-state index contributed by atoms with van der Waals surface area (Å²) in [5.74, 6) is 0.358. The molecule has 0 saturated carbocycles. The maximum Gasteiger partial charge on any atom is 0.418 e. The number of pyridine rings is 2. The number of nitrogens with zero attached hydrogens (tertiary/aromatic N) is 4. The van der Waals surface area contributed by atoms with E-state index in [2.05, 4.69) is 30.6 Å². The number of rotatable bonds is 16. The molecule has 0 bridgehead atoms. The maximum absolute atomic E-state index is 17.1. The fraction of sp³-hybridized carbons (Fsp3) is 0.265. The van der Waals surface area contributed by atoms with Crippen LogP contribution in [0.2, 0.25) is 10.3 Å². The third-order valence-corrected chi connectivity index (χ3v) is 12.0. The number of aromatic nitrogens is 4. The van der Waals surface area contributed by atoms with E-state index < -0.39 is 55.6 Å². The molecule has 1 aliphatic carbocycles. The van der Waals surface area contributed by atoms with E-state index in [1.54, 1.807) is 49.6 Å². The number of aromatic amines is 1. The standard InChI is InChI=1S/C49H45Cl2F4N7O4/c1-28-24-36(62(26-30-12-16-33(64-2)17-13-30)27-31-14-18-34(65-3)19-15-31)59-43(40(28)49(53,54)55)38-41(50)45(39-44(42(38)52)60-48(51)61-47(39)63)66-23-22-56-35-11-7-10-32-20-21-57-46(37(32)35)58-25-29-8-5-4-6-9-29/h4-6,8-9,12-21,24,35,56H,7,10-11,22-23,25-27H2,1-3H3,(H,57,58)(H,60,61,63). The molecule has 0 spiro atoms. The largest absolute Gasteiger partial charge is 0.497 e. The van der Waals surface area contributed by atoms with E-state index >= 15 is 17.6 Å². The van der Waals surface area contributed by atoms with Gasteiger partial charge in [0.2, 0.25) is 5.28 Å². The monoisotopic (exact) mass is 941 g/mol. The fourth-order valence-electron chi connectivity index (χ4n) is 8.35. The van der Waals surface area contributed by atoms with Crippen LogP contribution in [-0.4, -0.2) is 47.3 Å². The molecule has 8 rings (SSSR count). The first-order valence-corrected chi connectivity index (χ1v) is 21.9. The SMILES string of the molecule is COc1ccc(CN(Cc2ccc(OC)cc2)c2cc(C)c(C(F)(F)F)c(-c3c(Cl)c(OCCNC4CCCc5ccnc(NCc6ccccc6)c54)c4c(=O)[nH]c(Cl)nc4c3F)n2)cc1. The Morgan fingerprint density at radius 2 is 1.56 bits per heavy atom. The molecule has 11 nitrogen and oxygen atoms in total. The summed E-state index contributed by atoms with van der Waals surface area (Å²) in [5, 5.41) is 5.48. The number of halogens is 6. The summed E-state index contributed by atoms with van der Waals surface area (Å²) >= 11 is 13.2. The van der Waals surface area contributed by atoms with Gasteiger partial charge in [-0.25, -0.2) is 19.3 Å². The summed E-state index contributed by atoms with van der Waals surface area (Å²) in [7, 11) is 3.09. The van der Waals surface area contributed by atoms with Crippen molar-refractivity contribution in [3.63, 3.8) is 0 Å². The fourth-order valence-corrected chi connectivity index (χ4v) is 8.84. The molecule has 1 unspecified atom stereocenters. The van der Waals surface area contributed by atoms with Gasteiger partial charge in [-0.05, 0) is 102 Å². The topological polar surface area (TPSA) is 127 Å². The molecule has 3 aromatic heterocycles. The predicted octanol–water partition coefficient (Wildman–Crippen LogP) is 11.0. The summed E-state index contributed by atoms with van der Waals surface area (Å²) in [6, 6.07) is 27.5. The highest BCUT2D eigenvalue weighted by Crippen LogP contribution is 2.47. The molecule has 7 aromatic rings. The summed E-state index contributed by atoms with van der Waals surface area (Å²) in [6.45, 7) is 2.28. The smallest absolute Gasteiger partial charge is 0.418 e. The van der Waals surface area contributed by atoms with Crippen molar-refractivity contribution in [1.82, 2.24) is 25.3 Å². The number of nitrogens with one attached hydrogen (secondary N) is 3. The Hall–Kier alpha value is -6.42. The number of alkyl halides is 3. The van der Waals surface area contributed by atoms with Crippen LogP contribution in [0.3, 0.4) is 0 Å². The van der Waals surface area contributed by atoms with Gasteiger partial charge in [-0.15, -0.1) is 0 Å². The minimum absolute atomic E-state index is 0.0844. The second kappa shape index (κ2) is 20.0. The molecule has 0 radical (unpaired) electrons. The van der Waals surface area contributed by atoms with E-state index in [1.807, 2.05) is 60.7 Å². The Kier molecular flexibility index (Phi) is 14.0. The van der Waals surface area contributed by atoms with Crippen molar-refractivity contribution in [2.75, 3.05) is 37.6 Å². The van der Waals surface area contributed by atoms with E-state index in [0.717, 1.165) is 52.9 Å². The molecule has 342 valence electrons. The molecular formula is C49H45Cl2F4N7O4. The zero-order valence-electron chi connectivity index (χ0n) is 36.2. The van der Waals surface area contributed by atoms with Crippen molar-refractivity contribution in [1.29, 1.82) is 0 Å². The average Bonchev–Trinajstić information content (AvgIpc) is 3.30. The number of methoxy groups -OCH3 is 2. The Morgan fingerprint density at radius 3 is 2.20 bits per heavy atom. The molecule has 3 heterocycles. The quantitative estimate of drug-likeness (QED) is 0.0490. The van der Waals surface area contributed by atoms with Gasteiger partial charge >= 0.3 is 6.18 Å². The lowest BCUT2D eigenvalue weighted by atomic mass is 9.88. The van der Waals surface area contributed by atoms with E-state index in [-0.39, 0.29) is 49.4 Å². The van der Waals surface area contributed by atoms with Crippen LogP contribution in [-0.2, 0) is 32.2 Å². The molecule has 0 fully saturated rings. The van der Waals surface area contributed by atoms with Crippen LogP contribution >= 0.6 is 23.2 Å². The highest BCUT2D eigenvalue weighted by molar-refractivity contribution is 6.36. The predicted molar refractivity (Wildman–Crippen MR) is 248 cm³/mol. The minimum Gasteiger partial charge on any atom is -0.497 e. The van der Waals surface area contributed by atoms with Gasteiger partial charge in [-0.1, -0.05) is 66.2 Å². The van der Waals surface area contributed by atoms with Crippen LogP contribution in [0.15, 0.2) is 102 Å². The number of hydrogen-bond acceptors (Lipinski definition) is 10. The van der Waals surface area contributed by atoms with Crippen molar-refractivity contribution in [3.05, 3.63) is 163 Å². The van der Waals surface area contributed by atoms with E-state index in [0.29, 0.717) is 18.0 Å². The first-order valence-electron chi connectivity index (χ1n) is 21.1. The second-order valence-corrected chi connectivity index (χ2v) is 16.5. The zero-order chi connectivity index (χ0) is 46.5. The van der Waals surface area contributed by atoms with Crippen LogP contribution in [0.25, 0.3) is 22.2 Å². The minimum atomic E-state index is -5.03. The lowest BCUT2D eigenvalue weighted by molar-refractivity contribution is -0.137. The maximum atomic E-state index is 17.1. The van der Waals surface area contributed by atoms with Crippen LogP contribution < -0.4 is 35.3 Å². The molecule has 1 atom stereocenters. The average molecular weight is 943 g/mol. The van der Waals surface area contributed by atoms with E-state index in [4.69, 9.17) is 37.4 Å². The van der Waals surface area contributed by atoms with Gasteiger partial charge < -0.3 is 29.7 Å². The number of anilines is 2. The number of ether oxygens (including phenoxy) is 3. The number of H-pyrrole nitrogens is 1. The van der Waals surface area contributed by atoms with Gasteiger partial charge in [0.1, 0.15) is 40.6 Å². The Bertz CT molecular complexity index is 2850. The molecule has 0 aliphatic heterocycles. The van der Waals surface area contributed by atoms with Crippen molar-refractivity contribution in [2.24, 2.45) is 0 Å². The lowest BCUT2D eigenvalue weighted by Crippen LogP contribution is -2.30. The Labute approximate surface area is 388 Å². The Balaban J connectivity index is 1.17. The van der Waals surface area contributed by atoms with Crippen LogP contribution in [0.1, 0.15) is 57.8 Å². The first-order chi connectivity index (χ1) is 31.8. The van der Waals surface area contributed by atoms with Gasteiger partial charge in [0.15, 0.2) is 11.6 Å². The molecule has 66 heavy (non-hydrogen) atoms.